The Labute approximate surface area is 134 Å². The molecule has 2 aromatic rings. The van der Waals surface area contributed by atoms with Gasteiger partial charge in [0.15, 0.2) is 11.5 Å². The number of carboxylic acids is 1. The second-order valence-electron chi connectivity index (χ2n) is 4.56. The van der Waals surface area contributed by atoms with Crippen LogP contribution in [-0.4, -0.2) is 31.0 Å². The lowest BCUT2D eigenvalue weighted by Gasteiger charge is -2.11. The van der Waals surface area contributed by atoms with E-state index in [4.69, 9.17) is 14.6 Å². The van der Waals surface area contributed by atoms with Crippen LogP contribution < -0.4 is 14.9 Å². The Kier molecular flexibility index (Phi) is 5.57. The van der Waals surface area contributed by atoms with Crippen LogP contribution in [0.5, 0.6) is 11.5 Å². The first kappa shape index (κ1) is 16.4. The monoisotopic (exact) mass is 314 g/mol. The first-order valence-corrected chi connectivity index (χ1v) is 7.08. The summed E-state index contributed by atoms with van der Waals surface area (Å²) in [5.41, 5.74) is 4.53. The highest BCUT2D eigenvalue weighted by atomic mass is 16.5. The largest absolute Gasteiger partial charge is 0.492 e. The van der Waals surface area contributed by atoms with E-state index in [1.165, 1.54) is 12.1 Å². The zero-order valence-corrected chi connectivity index (χ0v) is 12.9. The normalized spacial score (nSPS) is 10.5. The van der Waals surface area contributed by atoms with Gasteiger partial charge in [-0.3, -0.25) is 5.43 Å². The van der Waals surface area contributed by atoms with E-state index in [2.05, 4.69) is 10.5 Å². The molecule has 0 amide bonds. The Morgan fingerprint density at radius 2 is 2.00 bits per heavy atom. The average Bonchev–Trinajstić information content (AvgIpc) is 2.56. The fourth-order valence-electron chi connectivity index (χ4n) is 1.99. The minimum atomic E-state index is -0.961. The Morgan fingerprint density at radius 3 is 2.61 bits per heavy atom. The average molecular weight is 314 g/mol. The highest BCUT2D eigenvalue weighted by molar-refractivity contribution is 5.88. The topological polar surface area (TPSA) is 80.2 Å². The third-order valence-corrected chi connectivity index (χ3v) is 3.04. The van der Waals surface area contributed by atoms with Gasteiger partial charge in [-0.25, -0.2) is 4.79 Å². The number of hydrogen-bond acceptors (Lipinski definition) is 5. The maximum absolute atomic E-state index is 10.8. The molecular formula is C17H18N2O4. The molecule has 0 aliphatic carbocycles. The second kappa shape index (κ2) is 7.84. The molecule has 0 atom stereocenters. The summed E-state index contributed by atoms with van der Waals surface area (Å²) in [6.07, 6.45) is 1.62. The molecule has 0 saturated carbocycles. The maximum Gasteiger partial charge on any atom is 0.335 e. The highest BCUT2D eigenvalue weighted by Gasteiger charge is 2.08. The van der Waals surface area contributed by atoms with Gasteiger partial charge in [-0.05, 0) is 43.3 Å². The summed E-state index contributed by atoms with van der Waals surface area (Å²) in [4.78, 5) is 10.8. The molecule has 0 fully saturated rings. The number of aromatic carboxylic acids is 1. The van der Waals surface area contributed by atoms with Crippen molar-refractivity contribution < 1.29 is 19.4 Å². The zero-order chi connectivity index (χ0) is 16.7. The van der Waals surface area contributed by atoms with Crippen molar-refractivity contribution in [3.8, 4) is 11.5 Å². The number of carboxylic acid groups (broad SMARTS) is 1. The molecule has 0 aliphatic rings. The van der Waals surface area contributed by atoms with Gasteiger partial charge in [-0.2, -0.15) is 5.10 Å². The molecule has 0 aliphatic heterocycles. The molecule has 6 nitrogen and oxygen atoms in total. The molecule has 0 aromatic heterocycles. The Morgan fingerprint density at radius 1 is 1.26 bits per heavy atom. The summed E-state index contributed by atoms with van der Waals surface area (Å²) >= 11 is 0. The summed E-state index contributed by atoms with van der Waals surface area (Å²) in [6.45, 7) is 2.45. The van der Waals surface area contributed by atoms with Crippen molar-refractivity contribution in [3.05, 3.63) is 53.6 Å². The fraction of sp³-hybridized carbons (Fsp3) is 0.176. The Bertz CT molecular complexity index is 696. The third-order valence-electron chi connectivity index (χ3n) is 3.04. The number of methoxy groups -OCH3 is 1. The van der Waals surface area contributed by atoms with Gasteiger partial charge in [0.25, 0.3) is 0 Å². The van der Waals surface area contributed by atoms with E-state index in [9.17, 15) is 4.79 Å². The van der Waals surface area contributed by atoms with E-state index in [1.54, 1.807) is 25.5 Å². The molecule has 2 N–H and O–H groups in total. The lowest BCUT2D eigenvalue weighted by molar-refractivity contribution is 0.0697. The molecule has 0 radical (unpaired) electrons. The number of carbonyl (C=O) groups is 1. The summed E-state index contributed by atoms with van der Waals surface area (Å²) < 4.78 is 10.9. The predicted octanol–water partition coefficient (Wildman–Crippen LogP) is 3.24. The number of para-hydroxylation sites is 1. The van der Waals surface area contributed by atoms with Crippen molar-refractivity contribution >= 4 is 17.9 Å². The minimum absolute atomic E-state index is 0.227. The number of nitrogens with one attached hydrogen (secondary N) is 1. The predicted molar refractivity (Wildman–Crippen MR) is 88.8 cm³/mol. The Hall–Kier alpha value is -3.02. The molecule has 2 aromatic carbocycles. The van der Waals surface area contributed by atoms with E-state index in [1.807, 2.05) is 25.1 Å². The van der Waals surface area contributed by atoms with Crippen LogP contribution in [0.4, 0.5) is 5.69 Å². The van der Waals surface area contributed by atoms with Gasteiger partial charge < -0.3 is 14.6 Å². The number of rotatable bonds is 7. The van der Waals surface area contributed by atoms with Gasteiger partial charge in [-0.1, -0.05) is 6.07 Å². The van der Waals surface area contributed by atoms with E-state index >= 15 is 0 Å². The van der Waals surface area contributed by atoms with Gasteiger partial charge in [-0.15, -0.1) is 0 Å². The SMILES string of the molecule is CCOc1cccc(/C=N\Nc2ccc(C(=O)O)cc2)c1OC. The highest BCUT2D eigenvalue weighted by Crippen LogP contribution is 2.29. The fourth-order valence-corrected chi connectivity index (χ4v) is 1.99. The summed E-state index contributed by atoms with van der Waals surface area (Å²) in [7, 11) is 1.58. The van der Waals surface area contributed by atoms with Crippen molar-refractivity contribution in [3.63, 3.8) is 0 Å². The van der Waals surface area contributed by atoms with Gasteiger partial charge in [0, 0.05) is 5.56 Å². The van der Waals surface area contributed by atoms with E-state index < -0.39 is 5.97 Å². The summed E-state index contributed by atoms with van der Waals surface area (Å²) in [6, 6.07) is 11.9. The number of anilines is 1. The minimum Gasteiger partial charge on any atom is -0.492 e. The molecule has 23 heavy (non-hydrogen) atoms. The van der Waals surface area contributed by atoms with Crippen molar-refractivity contribution in [1.29, 1.82) is 0 Å². The van der Waals surface area contributed by atoms with Gasteiger partial charge in [0.05, 0.1) is 31.2 Å². The van der Waals surface area contributed by atoms with Crippen LogP contribution >= 0.6 is 0 Å². The molecular weight excluding hydrogens is 296 g/mol. The van der Waals surface area contributed by atoms with E-state index in [-0.39, 0.29) is 5.56 Å². The van der Waals surface area contributed by atoms with Crippen LogP contribution in [-0.2, 0) is 0 Å². The molecule has 0 unspecified atom stereocenters. The van der Waals surface area contributed by atoms with Crippen molar-refractivity contribution in [2.75, 3.05) is 19.1 Å². The van der Waals surface area contributed by atoms with Gasteiger partial charge >= 0.3 is 5.97 Å². The van der Waals surface area contributed by atoms with Crippen LogP contribution in [0.15, 0.2) is 47.6 Å². The molecule has 6 heteroatoms. The van der Waals surface area contributed by atoms with E-state index in [0.717, 1.165) is 5.56 Å². The molecule has 0 saturated heterocycles. The van der Waals surface area contributed by atoms with Crippen molar-refractivity contribution in [2.45, 2.75) is 6.92 Å². The van der Waals surface area contributed by atoms with Gasteiger partial charge in [0.2, 0.25) is 0 Å². The lowest BCUT2D eigenvalue weighted by atomic mass is 10.2. The first-order chi connectivity index (χ1) is 11.2. The quantitative estimate of drug-likeness (QED) is 0.606. The van der Waals surface area contributed by atoms with Crippen LogP contribution in [0.3, 0.4) is 0 Å². The van der Waals surface area contributed by atoms with Crippen molar-refractivity contribution in [1.82, 2.24) is 0 Å². The van der Waals surface area contributed by atoms with Crippen molar-refractivity contribution in [2.24, 2.45) is 5.10 Å². The molecule has 2 rings (SSSR count). The molecule has 0 spiro atoms. The van der Waals surface area contributed by atoms with Crippen LogP contribution in [0.2, 0.25) is 0 Å². The third kappa shape index (κ3) is 4.23. The van der Waals surface area contributed by atoms with Crippen LogP contribution in [0.1, 0.15) is 22.8 Å². The number of hydrogen-bond donors (Lipinski definition) is 2. The van der Waals surface area contributed by atoms with Crippen LogP contribution in [0, 0.1) is 0 Å². The van der Waals surface area contributed by atoms with Gasteiger partial charge in [0.1, 0.15) is 0 Å². The maximum atomic E-state index is 10.8. The molecule has 0 heterocycles. The lowest BCUT2D eigenvalue weighted by Crippen LogP contribution is -1.99. The first-order valence-electron chi connectivity index (χ1n) is 7.08. The number of ether oxygens (including phenoxy) is 2. The van der Waals surface area contributed by atoms with Crippen LogP contribution in [0.25, 0.3) is 0 Å². The zero-order valence-electron chi connectivity index (χ0n) is 12.9. The summed E-state index contributed by atoms with van der Waals surface area (Å²) in [5.74, 6) is 0.309. The number of nitrogens with zero attached hydrogens (tertiary/aromatic N) is 1. The number of benzene rings is 2. The summed E-state index contributed by atoms with van der Waals surface area (Å²) in [5, 5.41) is 13.0. The Balaban J connectivity index is 2.11. The standard InChI is InChI=1S/C17H18N2O4/c1-3-23-15-6-4-5-13(16(15)22-2)11-18-19-14-9-7-12(8-10-14)17(20)21/h4-11,19H,3H2,1-2H3,(H,20,21)/b18-11-. The second-order valence-corrected chi connectivity index (χ2v) is 4.56. The smallest absolute Gasteiger partial charge is 0.335 e. The molecule has 0 bridgehead atoms. The molecule has 120 valence electrons. The van der Waals surface area contributed by atoms with E-state index in [0.29, 0.717) is 23.8 Å². The number of hydrazone groups is 1.